The molecular weight excluding hydrogens is 447 g/mol. The quantitative estimate of drug-likeness (QED) is 0.490. The van der Waals surface area contributed by atoms with Crippen LogP contribution in [0.1, 0.15) is 11.1 Å². The first kappa shape index (κ1) is 23.6. The van der Waals surface area contributed by atoms with Gasteiger partial charge in [-0.25, -0.2) is 0 Å². The lowest BCUT2D eigenvalue weighted by molar-refractivity contribution is -0.142. The van der Waals surface area contributed by atoms with Gasteiger partial charge in [-0.05, 0) is 41.5 Å². The van der Waals surface area contributed by atoms with Crippen LogP contribution in [0.15, 0.2) is 78.9 Å². The molecule has 3 rings (SSSR count). The topological polar surface area (TPSA) is 58.6 Å². The fourth-order valence-electron chi connectivity index (χ4n) is 3.34. The van der Waals surface area contributed by atoms with Gasteiger partial charge in [-0.2, -0.15) is 0 Å². The second-order valence-corrected chi connectivity index (χ2v) is 8.09. The molecule has 7 heteroatoms. The monoisotopic (exact) mass is 470 g/mol. The van der Waals surface area contributed by atoms with Crippen LogP contribution in [0, 0.1) is 0 Å². The van der Waals surface area contributed by atoms with E-state index in [0.717, 1.165) is 11.1 Å². The molecule has 1 atom stereocenters. The van der Waals surface area contributed by atoms with Gasteiger partial charge in [0.15, 0.2) is 6.61 Å². The smallest absolute Gasteiger partial charge is 0.261 e. The number of likely N-dealkylation sites (N-methyl/N-ethyl adjacent to an activating group) is 1. The lowest BCUT2D eigenvalue weighted by Crippen LogP contribution is -2.51. The summed E-state index contributed by atoms with van der Waals surface area (Å²) in [4.78, 5) is 27.7. The van der Waals surface area contributed by atoms with Crippen LogP contribution in [0.5, 0.6) is 5.75 Å². The van der Waals surface area contributed by atoms with E-state index in [0.29, 0.717) is 22.2 Å². The Bertz CT molecular complexity index is 1060. The predicted molar refractivity (Wildman–Crippen MR) is 127 cm³/mol. The summed E-state index contributed by atoms with van der Waals surface area (Å²) in [5.41, 5.74) is 1.76. The van der Waals surface area contributed by atoms with E-state index in [1.54, 1.807) is 43.4 Å². The van der Waals surface area contributed by atoms with Crippen molar-refractivity contribution in [1.29, 1.82) is 0 Å². The second-order valence-electron chi connectivity index (χ2n) is 7.22. The highest BCUT2D eigenvalue weighted by molar-refractivity contribution is 6.30. The number of benzene rings is 3. The summed E-state index contributed by atoms with van der Waals surface area (Å²) in [5, 5.41) is 3.75. The number of amides is 2. The van der Waals surface area contributed by atoms with Crippen molar-refractivity contribution in [1.82, 2.24) is 10.2 Å². The summed E-state index contributed by atoms with van der Waals surface area (Å²) in [6.07, 6.45) is 0.365. The Balaban J connectivity index is 1.87. The number of ether oxygens (including phenoxy) is 1. The molecule has 3 aromatic carbocycles. The number of carbonyl (C=O) groups excluding carboxylic acids is 2. The second kappa shape index (κ2) is 11.6. The van der Waals surface area contributed by atoms with Crippen molar-refractivity contribution in [3.05, 3.63) is 100 Å². The third kappa shape index (κ3) is 6.74. The van der Waals surface area contributed by atoms with Crippen LogP contribution in [0.4, 0.5) is 0 Å². The minimum absolute atomic E-state index is 0.212. The minimum Gasteiger partial charge on any atom is -0.484 e. The molecule has 0 radical (unpaired) electrons. The summed E-state index contributed by atoms with van der Waals surface area (Å²) >= 11 is 12.1. The standard InChI is InChI=1S/C25H24Cl2N2O3/c1-28-25(31)23(14-18-7-3-2-4-8-18)29(16-19-9-5-10-20(26)13-19)24(30)17-32-22-12-6-11-21(27)15-22/h2-13,15,23H,14,16-17H2,1H3,(H,28,31). The van der Waals surface area contributed by atoms with Crippen LogP contribution in [-0.2, 0) is 22.6 Å². The first-order valence-corrected chi connectivity index (χ1v) is 10.9. The molecule has 1 N–H and O–H groups in total. The van der Waals surface area contributed by atoms with E-state index in [-0.39, 0.29) is 25.0 Å². The zero-order valence-corrected chi connectivity index (χ0v) is 19.1. The Morgan fingerprint density at radius 3 is 2.22 bits per heavy atom. The Morgan fingerprint density at radius 1 is 0.906 bits per heavy atom. The van der Waals surface area contributed by atoms with E-state index in [1.165, 1.54) is 4.90 Å². The molecule has 3 aromatic rings. The van der Waals surface area contributed by atoms with Crippen LogP contribution in [0.2, 0.25) is 10.0 Å². The number of carbonyl (C=O) groups is 2. The third-order valence-electron chi connectivity index (χ3n) is 4.92. The van der Waals surface area contributed by atoms with Crippen molar-refractivity contribution in [2.45, 2.75) is 19.0 Å². The number of halogens is 2. The summed E-state index contributed by atoms with van der Waals surface area (Å²) in [6, 6.07) is 22.9. The third-order valence-corrected chi connectivity index (χ3v) is 5.39. The summed E-state index contributed by atoms with van der Waals surface area (Å²) < 4.78 is 5.67. The van der Waals surface area contributed by atoms with Gasteiger partial charge in [-0.3, -0.25) is 9.59 Å². The zero-order chi connectivity index (χ0) is 22.9. The Labute approximate surface area is 197 Å². The van der Waals surface area contributed by atoms with Crippen molar-refractivity contribution in [3.63, 3.8) is 0 Å². The van der Waals surface area contributed by atoms with Gasteiger partial charge in [0.25, 0.3) is 5.91 Å². The van der Waals surface area contributed by atoms with Gasteiger partial charge in [0.1, 0.15) is 11.8 Å². The largest absolute Gasteiger partial charge is 0.484 e. The number of nitrogens with one attached hydrogen (secondary N) is 1. The van der Waals surface area contributed by atoms with Crippen molar-refractivity contribution in [3.8, 4) is 5.75 Å². The molecule has 32 heavy (non-hydrogen) atoms. The first-order chi connectivity index (χ1) is 15.5. The fourth-order valence-corrected chi connectivity index (χ4v) is 3.73. The number of nitrogens with zero attached hydrogens (tertiary/aromatic N) is 1. The van der Waals surface area contributed by atoms with E-state index in [4.69, 9.17) is 27.9 Å². The maximum absolute atomic E-state index is 13.3. The average molecular weight is 471 g/mol. The van der Waals surface area contributed by atoms with Crippen molar-refractivity contribution >= 4 is 35.0 Å². The summed E-state index contributed by atoms with van der Waals surface area (Å²) in [6.45, 7) is -0.0214. The molecule has 5 nitrogen and oxygen atoms in total. The lowest BCUT2D eigenvalue weighted by atomic mass is 10.0. The zero-order valence-electron chi connectivity index (χ0n) is 17.6. The highest BCUT2D eigenvalue weighted by Crippen LogP contribution is 2.20. The molecule has 0 heterocycles. The molecule has 0 saturated heterocycles. The van der Waals surface area contributed by atoms with E-state index in [1.807, 2.05) is 42.5 Å². The maximum Gasteiger partial charge on any atom is 0.261 e. The lowest BCUT2D eigenvalue weighted by Gasteiger charge is -2.31. The minimum atomic E-state index is -0.725. The van der Waals surface area contributed by atoms with Crippen molar-refractivity contribution in [2.24, 2.45) is 0 Å². The SMILES string of the molecule is CNC(=O)C(Cc1ccccc1)N(Cc1cccc(Cl)c1)C(=O)COc1cccc(Cl)c1. The summed E-state index contributed by atoms with van der Waals surface area (Å²) in [5.74, 6) is -0.102. The Morgan fingerprint density at radius 2 is 1.56 bits per heavy atom. The molecule has 0 bridgehead atoms. The molecule has 0 aliphatic rings. The number of hydrogen-bond acceptors (Lipinski definition) is 3. The van der Waals surface area contributed by atoms with Crippen LogP contribution >= 0.6 is 23.2 Å². The van der Waals surface area contributed by atoms with Gasteiger partial charge in [0.2, 0.25) is 5.91 Å². The van der Waals surface area contributed by atoms with Crippen LogP contribution in [0.3, 0.4) is 0 Å². The van der Waals surface area contributed by atoms with E-state index in [2.05, 4.69) is 5.32 Å². The van der Waals surface area contributed by atoms with Crippen molar-refractivity contribution < 1.29 is 14.3 Å². The molecule has 0 spiro atoms. The predicted octanol–water partition coefficient (Wildman–Crippen LogP) is 4.76. The molecule has 1 unspecified atom stereocenters. The van der Waals surface area contributed by atoms with Crippen LogP contribution in [-0.4, -0.2) is 36.4 Å². The van der Waals surface area contributed by atoms with E-state index in [9.17, 15) is 9.59 Å². The highest BCUT2D eigenvalue weighted by Gasteiger charge is 2.30. The van der Waals surface area contributed by atoms with Gasteiger partial charge in [0, 0.05) is 30.1 Å². The molecule has 0 aromatic heterocycles. The van der Waals surface area contributed by atoms with Crippen molar-refractivity contribution in [2.75, 3.05) is 13.7 Å². The number of rotatable bonds is 9. The molecule has 0 aliphatic carbocycles. The molecule has 0 aliphatic heterocycles. The normalized spacial score (nSPS) is 11.5. The molecule has 0 saturated carbocycles. The molecular formula is C25H24Cl2N2O3. The first-order valence-electron chi connectivity index (χ1n) is 10.1. The molecule has 2 amide bonds. The van der Waals surface area contributed by atoms with E-state index >= 15 is 0 Å². The number of hydrogen-bond donors (Lipinski definition) is 1. The highest BCUT2D eigenvalue weighted by atomic mass is 35.5. The maximum atomic E-state index is 13.3. The van der Waals surface area contributed by atoms with Gasteiger partial charge < -0.3 is 15.0 Å². The van der Waals surface area contributed by atoms with Crippen LogP contribution in [0.25, 0.3) is 0 Å². The van der Waals surface area contributed by atoms with Gasteiger partial charge >= 0.3 is 0 Å². The Kier molecular flexibility index (Phi) is 8.54. The molecule has 0 fully saturated rings. The molecule has 166 valence electrons. The fraction of sp³-hybridized carbons (Fsp3) is 0.200. The van der Waals surface area contributed by atoms with E-state index < -0.39 is 6.04 Å². The van der Waals surface area contributed by atoms with Gasteiger partial charge in [0.05, 0.1) is 0 Å². The van der Waals surface area contributed by atoms with Gasteiger partial charge in [-0.1, -0.05) is 71.7 Å². The Hall–Kier alpha value is -3.02. The van der Waals surface area contributed by atoms with Gasteiger partial charge in [-0.15, -0.1) is 0 Å². The summed E-state index contributed by atoms with van der Waals surface area (Å²) in [7, 11) is 1.56. The average Bonchev–Trinajstić information content (AvgIpc) is 2.80. The van der Waals surface area contributed by atoms with Crippen LogP contribution < -0.4 is 10.1 Å².